The Morgan fingerprint density at radius 2 is 2.27 bits per heavy atom. The fraction of sp³-hybridized carbons (Fsp3) is 0.636. The predicted molar refractivity (Wildman–Crippen MR) is 52.1 cm³/mol. The van der Waals surface area contributed by atoms with Crippen LogP contribution in [0.2, 0.25) is 0 Å². The molecule has 82 valence electrons. The van der Waals surface area contributed by atoms with Crippen molar-refractivity contribution in [2.45, 2.75) is 19.3 Å². The molecule has 0 unspecified atom stereocenters. The van der Waals surface area contributed by atoms with Crippen molar-refractivity contribution in [3.05, 3.63) is 12.2 Å². The maximum atomic E-state index is 11.7. The molecule has 15 heavy (non-hydrogen) atoms. The predicted octanol–water partition coefficient (Wildman–Crippen LogP) is 1.22. The van der Waals surface area contributed by atoms with E-state index < -0.39 is 11.4 Å². The van der Waals surface area contributed by atoms with E-state index in [9.17, 15) is 9.59 Å². The summed E-state index contributed by atoms with van der Waals surface area (Å²) in [7, 11) is 1.32. The topological polar surface area (TPSA) is 63.6 Å². The summed E-state index contributed by atoms with van der Waals surface area (Å²) < 4.78 is 4.75. The molecule has 2 bridgehead atoms. The van der Waals surface area contributed by atoms with Gasteiger partial charge in [-0.2, -0.15) is 0 Å². The number of carboxylic acid groups (broad SMARTS) is 1. The molecule has 1 saturated carbocycles. The number of methoxy groups -OCH3 is 1. The highest BCUT2D eigenvalue weighted by Gasteiger charge is 2.55. The summed E-state index contributed by atoms with van der Waals surface area (Å²) in [5.41, 5.74) is -0.806. The number of esters is 1. The summed E-state index contributed by atoms with van der Waals surface area (Å²) in [6.07, 6.45) is 5.43. The lowest BCUT2D eigenvalue weighted by Gasteiger charge is -2.30. The average molecular weight is 210 g/mol. The molecule has 0 aliphatic heterocycles. The lowest BCUT2D eigenvalue weighted by Crippen LogP contribution is -2.38. The molecule has 2 rings (SSSR count). The maximum Gasteiger partial charge on any atom is 0.313 e. The highest BCUT2D eigenvalue weighted by Crippen LogP contribution is 2.54. The molecule has 0 aromatic carbocycles. The van der Waals surface area contributed by atoms with Crippen LogP contribution in [0.1, 0.15) is 19.3 Å². The number of hydrogen-bond donors (Lipinski definition) is 1. The minimum absolute atomic E-state index is 0.0473. The second-order valence-corrected chi connectivity index (χ2v) is 4.41. The Hall–Kier alpha value is -1.32. The molecule has 3 atom stereocenters. The Balaban J connectivity index is 2.28. The van der Waals surface area contributed by atoms with Gasteiger partial charge in [0.15, 0.2) is 0 Å². The Kier molecular flexibility index (Phi) is 2.29. The van der Waals surface area contributed by atoms with Gasteiger partial charge >= 0.3 is 11.9 Å². The lowest BCUT2D eigenvalue weighted by atomic mass is 9.73. The second kappa shape index (κ2) is 3.36. The van der Waals surface area contributed by atoms with Crippen molar-refractivity contribution >= 4 is 11.9 Å². The normalized spacial score (nSPS) is 36.9. The van der Waals surface area contributed by atoms with Crippen LogP contribution in [0.25, 0.3) is 0 Å². The minimum Gasteiger partial charge on any atom is -0.481 e. The molecule has 0 heterocycles. The van der Waals surface area contributed by atoms with E-state index >= 15 is 0 Å². The zero-order valence-electron chi connectivity index (χ0n) is 8.60. The monoisotopic (exact) mass is 210 g/mol. The van der Waals surface area contributed by atoms with Crippen molar-refractivity contribution in [1.82, 2.24) is 0 Å². The molecular formula is C11H14O4. The van der Waals surface area contributed by atoms with E-state index in [1.165, 1.54) is 7.11 Å². The van der Waals surface area contributed by atoms with E-state index in [1.54, 1.807) is 0 Å². The van der Waals surface area contributed by atoms with Crippen molar-refractivity contribution in [2.24, 2.45) is 17.3 Å². The summed E-state index contributed by atoms with van der Waals surface area (Å²) >= 11 is 0. The molecule has 2 aliphatic carbocycles. The van der Waals surface area contributed by atoms with Crippen molar-refractivity contribution in [1.29, 1.82) is 0 Å². The van der Waals surface area contributed by atoms with Crippen LogP contribution < -0.4 is 0 Å². The molecule has 0 aromatic rings. The largest absolute Gasteiger partial charge is 0.481 e. The molecule has 0 amide bonds. The number of allylic oxidation sites excluding steroid dienone is 2. The second-order valence-electron chi connectivity index (χ2n) is 4.41. The van der Waals surface area contributed by atoms with Gasteiger partial charge in [0, 0.05) is 0 Å². The van der Waals surface area contributed by atoms with Crippen LogP contribution in [-0.2, 0) is 14.3 Å². The maximum absolute atomic E-state index is 11.7. The SMILES string of the molecule is COC(=O)[C@@]1(CC(=O)O)C[C@H]2C=C[C@@H]1C2. The van der Waals surface area contributed by atoms with Gasteiger partial charge in [-0.3, -0.25) is 9.59 Å². The van der Waals surface area contributed by atoms with E-state index in [0.29, 0.717) is 12.3 Å². The molecule has 0 saturated heterocycles. The minimum atomic E-state index is -0.929. The average Bonchev–Trinajstić information content (AvgIpc) is 2.75. The fourth-order valence-electron chi connectivity index (χ4n) is 2.94. The highest BCUT2D eigenvalue weighted by molar-refractivity contribution is 5.84. The van der Waals surface area contributed by atoms with Gasteiger partial charge in [0.2, 0.25) is 0 Å². The highest BCUT2D eigenvalue weighted by atomic mass is 16.5. The molecule has 0 radical (unpaired) electrons. The summed E-state index contributed by atoms with van der Waals surface area (Å²) in [6.45, 7) is 0. The molecule has 0 spiro atoms. The Labute approximate surface area is 87.9 Å². The summed E-state index contributed by atoms with van der Waals surface area (Å²) in [5, 5.41) is 8.88. The van der Waals surface area contributed by atoms with E-state index in [1.807, 2.05) is 6.08 Å². The zero-order valence-corrected chi connectivity index (χ0v) is 8.60. The summed E-state index contributed by atoms with van der Waals surface area (Å²) in [5.74, 6) is -0.900. The summed E-state index contributed by atoms with van der Waals surface area (Å²) in [4.78, 5) is 22.6. The number of carbonyl (C=O) groups is 2. The van der Waals surface area contributed by atoms with Gasteiger partial charge < -0.3 is 9.84 Å². The molecule has 0 aromatic heterocycles. The van der Waals surface area contributed by atoms with E-state index in [-0.39, 0.29) is 18.3 Å². The quantitative estimate of drug-likeness (QED) is 0.562. The van der Waals surface area contributed by atoms with Gasteiger partial charge in [-0.25, -0.2) is 0 Å². The van der Waals surface area contributed by atoms with Crippen molar-refractivity contribution in [2.75, 3.05) is 7.11 Å². The van der Waals surface area contributed by atoms with Gasteiger partial charge in [-0.1, -0.05) is 12.2 Å². The van der Waals surface area contributed by atoms with Gasteiger partial charge in [-0.05, 0) is 24.7 Å². The van der Waals surface area contributed by atoms with Gasteiger partial charge in [0.25, 0.3) is 0 Å². The van der Waals surface area contributed by atoms with Crippen LogP contribution in [0.5, 0.6) is 0 Å². The number of fused-ring (bicyclic) bond motifs is 2. The third-order valence-electron chi connectivity index (χ3n) is 3.57. The van der Waals surface area contributed by atoms with Crippen LogP contribution in [0, 0.1) is 17.3 Å². The Morgan fingerprint density at radius 1 is 1.53 bits per heavy atom. The Morgan fingerprint density at radius 3 is 2.67 bits per heavy atom. The standard InChI is InChI=1S/C11H14O4/c1-15-10(14)11(6-9(12)13)5-7-2-3-8(11)4-7/h2-3,7-8H,4-6H2,1H3,(H,12,13)/t7-,8+,11+/m0/s1. The molecule has 1 fully saturated rings. The third kappa shape index (κ3) is 1.44. The van der Waals surface area contributed by atoms with Gasteiger partial charge in [-0.15, -0.1) is 0 Å². The first kappa shape index (κ1) is 10.2. The number of carboxylic acids is 1. The summed E-state index contributed by atoms with van der Waals surface area (Å²) in [6, 6.07) is 0. The number of ether oxygens (including phenoxy) is 1. The van der Waals surface area contributed by atoms with Crippen LogP contribution in [0.4, 0.5) is 0 Å². The lowest BCUT2D eigenvalue weighted by molar-refractivity contribution is -0.160. The van der Waals surface area contributed by atoms with Crippen LogP contribution in [0.3, 0.4) is 0 Å². The molecular weight excluding hydrogens is 196 g/mol. The van der Waals surface area contributed by atoms with Gasteiger partial charge in [0.1, 0.15) is 0 Å². The van der Waals surface area contributed by atoms with Crippen LogP contribution >= 0.6 is 0 Å². The van der Waals surface area contributed by atoms with E-state index in [2.05, 4.69) is 6.08 Å². The molecule has 4 nitrogen and oxygen atoms in total. The van der Waals surface area contributed by atoms with E-state index in [0.717, 1.165) is 6.42 Å². The zero-order chi connectivity index (χ0) is 11.1. The number of hydrogen-bond acceptors (Lipinski definition) is 3. The van der Waals surface area contributed by atoms with Crippen molar-refractivity contribution in [3.8, 4) is 0 Å². The first-order chi connectivity index (χ1) is 7.08. The van der Waals surface area contributed by atoms with Gasteiger partial charge in [0.05, 0.1) is 18.9 Å². The first-order valence-electron chi connectivity index (χ1n) is 5.07. The smallest absolute Gasteiger partial charge is 0.313 e. The van der Waals surface area contributed by atoms with E-state index in [4.69, 9.17) is 9.84 Å². The number of aliphatic carboxylic acids is 1. The fourth-order valence-corrected chi connectivity index (χ4v) is 2.94. The third-order valence-corrected chi connectivity index (χ3v) is 3.57. The number of carbonyl (C=O) groups excluding carboxylic acids is 1. The van der Waals surface area contributed by atoms with Crippen LogP contribution in [0.15, 0.2) is 12.2 Å². The number of rotatable bonds is 3. The Bertz CT molecular complexity index is 333. The molecule has 1 N–H and O–H groups in total. The first-order valence-corrected chi connectivity index (χ1v) is 5.07. The van der Waals surface area contributed by atoms with Crippen LogP contribution in [-0.4, -0.2) is 24.2 Å². The van der Waals surface area contributed by atoms with Crippen molar-refractivity contribution < 1.29 is 19.4 Å². The molecule has 4 heteroatoms. The van der Waals surface area contributed by atoms with Crippen molar-refractivity contribution in [3.63, 3.8) is 0 Å². The molecule has 2 aliphatic rings.